The molecule has 1 unspecified atom stereocenters. The van der Waals surface area contributed by atoms with Crippen LogP contribution in [0.15, 0.2) is 47.4 Å². The largest absolute Gasteiger partial charge is 0.481 e. The molecule has 0 saturated carbocycles. The number of primary sulfonamides is 1. The minimum atomic E-state index is -3.69. The fourth-order valence-corrected chi connectivity index (χ4v) is 2.90. The van der Waals surface area contributed by atoms with Crippen molar-refractivity contribution in [1.82, 2.24) is 5.32 Å². The van der Waals surface area contributed by atoms with Gasteiger partial charge in [0, 0.05) is 11.6 Å². The number of ether oxygens (including phenoxy) is 1. The van der Waals surface area contributed by atoms with Crippen molar-refractivity contribution in [1.29, 1.82) is 0 Å². The van der Waals surface area contributed by atoms with E-state index in [9.17, 15) is 13.2 Å². The molecule has 1 atom stereocenters. The van der Waals surface area contributed by atoms with Crippen molar-refractivity contribution < 1.29 is 17.9 Å². The molecular weight excluding hydrogens is 376 g/mol. The number of sulfonamides is 1. The van der Waals surface area contributed by atoms with Crippen molar-refractivity contribution in [3.63, 3.8) is 0 Å². The number of carbonyl (C=O) groups is 1. The molecule has 0 spiro atoms. The first-order chi connectivity index (χ1) is 12.2. The number of nitrogens with two attached hydrogens (primary N) is 1. The second-order valence-electron chi connectivity index (χ2n) is 5.90. The molecule has 1 amide bonds. The Kier molecular flexibility index (Phi) is 6.63. The van der Waals surface area contributed by atoms with E-state index < -0.39 is 16.1 Å². The molecule has 0 heterocycles. The van der Waals surface area contributed by atoms with Crippen LogP contribution in [0, 0.1) is 6.92 Å². The Labute approximate surface area is 158 Å². The number of halogens is 1. The monoisotopic (exact) mass is 396 g/mol. The first kappa shape index (κ1) is 20.2. The van der Waals surface area contributed by atoms with Gasteiger partial charge in [-0.1, -0.05) is 23.7 Å². The fourth-order valence-electron chi connectivity index (χ4n) is 2.27. The number of hydrogen-bond donors (Lipinski definition) is 2. The second-order valence-corrected chi connectivity index (χ2v) is 7.87. The van der Waals surface area contributed by atoms with E-state index in [-0.39, 0.29) is 10.8 Å². The summed E-state index contributed by atoms with van der Waals surface area (Å²) in [7, 11) is -3.69. The van der Waals surface area contributed by atoms with E-state index in [0.29, 0.717) is 23.7 Å². The molecule has 0 aliphatic carbocycles. The Morgan fingerprint density at radius 3 is 2.46 bits per heavy atom. The summed E-state index contributed by atoms with van der Waals surface area (Å²) in [6.07, 6.45) is -0.0935. The van der Waals surface area contributed by atoms with Crippen LogP contribution in [0.3, 0.4) is 0 Å². The number of rotatable bonds is 7. The SMILES string of the molecule is Cc1cc(OC(C)C(=O)NCCc2ccc(S(N)(=O)=O)cc2)ccc1Cl. The summed E-state index contributed by atoms with van der Waals surface area (Å²) in [6.45, 7) is 3.93. The summed E-state index contributed by atoms with van der Waals surface area (Å²) in [5.74, 6) is 0.340. The van der Waals surface area contributed by atoms with Crippen LogP contribution in [0.25, 0.3) is 0 Å². The van der Waals surface area contributed by atoms with E-state index in [4.69, 9.17) is 21.5 Å². The highest BCUT2D eigenvalue weighted by molar-refractivity contribution is 7.89. The first-order valence-corrected chi connectivity index (χ1v) is 9.91. The first-order valence-electron chi connectivity index (χ1n) is 7.99. The Morgan fingerprint density at radius 2 is 1.88 bits per heavy atom. The molecule has 0 bridgehead atoms. The maximum absolute atomic E-state index is 12.1. The number of nitrogens with one attached hydrogen (secondary N) is 1. The second kappa shape index (κ2) is 8.53. The number of aryl methyl sites for hydroxylation is 1. The highest BCUT2D eigenvalue weighted by atomic mass is 35.5. The van der Waals surface area contributed by atoms with E-state index in [0.717, 1.165) is 11.1 Å². The van der Waals surface area contributed by atoms with Crippen molar-refractivity contribution in [2.45, 2.75) is 31.3 Å². The zero-order valence-corrected chi connectivity index (χ0v) is 16.1. The van der Waals surface area contributed by atoms with Crippen LogP contribution in [-0.2, 0) is 21.2 Å². The maximum Gasteiger partial charge on any atom is 0.260 e. The molecule has 3 N–H and O–H groups in total. The lowest BCUT2D eigenvalue weighted by molar-refractivity contribution is -0.127. The topological polar surface area (TPSA) is 98.5 Å². The standard InChI is InChI=1S/C18H21ClN2O4S/c1-12-11-15(5-8-17(12)19)25-13(2)18(22)21-10-9-14-3-6-16(7-4-14)26(20,23)24/h3-8,11,13H,9-10H2,1-2H3,(H,21,22)(H2,20,23,24). The molecule has 8 heteroatoms. The van der Waals surface area contributed by atoms with Crippen molar-refractivity contribution >= 4 is 27.5 Å². The zero-order chi connectivity index (χ0) is 19.3. The summed E-state index contributed by atoms with van der Waals surface area (Å²) < 4.78 is 28.0. The van der Waals surface area contributed by atoms with Gasteiger partial charge in [-0.05, 0) is 61.7 Å². The average molecular weight is 397 g/mol. The molecule has 2 aromatic carbocycles. The van der Waals surface area contributed by atoms with Gasteiger partial charge < -0.3 is 10.1 Å². The van der Waals surface area contributed by atoms with Crippen molar-refractivity contribution in [2.75, 3.05) is 6.54 Å². The van der Waals surface area contributed by atoms with Gasteiger partial charge in [0.15, 0.2) is 6.10 Å². The average Bonchev–Trinajstić information content (AvgIpc) is 2.57. The number of benzene rings is 2. The summed E-state index contributed by atoms with van der Waals surface area (Å²) in [5, 5.41) is 8.49. The Bertz CT molecular complexity index is 883. The summed E-state index contributed by atoms with van der Waals surface area (Å²) in [4.78, 5) is 12.2. The molecule has 0 aliphatic heterocycles. The van der Waals surface area contributed by atoms with Crippen LogP contribution in [0.2, 0.25) is 5.02 Å². The van der Waals surface area contributed by atoms with Gasteiger partial charge in [-0.25, -0.2) is 13.6 Å². The van der Waals surface area contributed by atoms with Gasteiger partial charge in [0.1, 0.15) is 5.75 Å². The highest BCUT2D eigenvalue weighted by Crippen LogP contribution is 2.21. The Balaban J connectivity index is 1.83. The molecule has 0 saturated heterocycles. The van der Waals surface area contributed by atoms with E-state index in [1.807, 2.05) is 6.92 Å². The molecule has 0 aromatic heterocycles. The third-order valence-electron chi connectivity index (χ3n) is 3.78. The van der Waals surface area contributed by atoms with Gasteiger partial charge >= 0.3 is 0 Å². The molecule has 6 nitrogen and oxygen atoms in total. The molecular formula is C18H21ClN2O4S. The van der Waals surface area contributed by atoms with Gasteiger partial charge in [-0.3, -0.25) is 4.79 Å². The van der Waals surface area contributed by atoms with Crippen LogP contribution in [0.4, 0.5) is 0 Å². The van der Waals surface area contributed by atoms with Gasteiger partial charge in [0.05, 0.1) is 4.90 Å². The number of carbonyl (C=O) groups excluding carboxylic acids is 1. The van der Waals surface area contributed by atoms with Gasteiger partial charge in [0.25, 0.3) is 5.91 Å². The zero-order valence-electron chi connectivity index (χ0n) is 14.5. The molecule has 2 rings (SSSR count). The van der Waals surface area contributed by atoms with E-state index >= 15 is 0 Å². The quantitative estimate of drug-likeness (QED) is 0.750. The smallest absolute Gasteiger partial charge is 0.260 e. The molecule has 0 fully saturated rings. The van der Waals surface area contributed by atoms with Crippen LogP contribution < -0.4 is 15.2 Å². The molecule has 0 aliphatic rings. The lowest BCUT2D eigenvalue weighted by Crippen LogP contribution is -2.37. The lowest BCUT2D eigenvalue weighted by Gasteiger charge is -2.15. The third kappa shape index (κ3) is 5.72. The van der Waals surface area contributed by atoms with Crippen LogP contribution in [0.5, 0.6) is 5.75 Å². The fraction of sp³-hybridized carbons (Fsp3) is 0.278. The Hall–Kier alpha value is -2.09. The molecule has 0 radical (unpaired) electrons. The van der Waals surface area contributed by atoms with Crippen molar-refractivity contribution in [3.8, 4) is 5.75 Å². The van der Waals surface area contributed by atoms with Crippen LogP contribution in [-0.4, -0.2) is 27.0 Å². The Morgan fingerprint density at radius 1 is 1.23 bits per heavy atom. The van der Waals surface area contributed by atoms with Gasteiger partial charge in [-0.2, -0.15) is 0 Å². The van der Waals surface area contributed by atoms with E-state index in [2.05, 4.69) is 5.32 Å². The van der Waals surface area contributed by atoms with Crippen LogP contribution >= 0.6 is 11.6 Å². The minimum absolute atomic E-state index is 0.0607. The van der Waals surface area contributed by atoms with Gasteiger partial charge in [0.2, 0.25) is 10.0 Å². The molecule has 2 aromatic rings. The summed E-state index contributed by atoms with van der Waals surface area (Å²) in [6, 6.07) is 11.4. The molecule has 26 heavy (non-hydrogen) atoms. The maximum atomic E-state index is 12.1. The lowest BCUT2D eigenvalue weighted by atomic mass is 10.1. The van der Waals surface area contributed by atoms with Gasteiger partial charge in [-0.15, -0.1) is 0 Å². The van der Waals surface area contributed by atoms with Crippen molar-refractivity contribution in [2.24, 2.45) is 5.14 Å². The third-order valence-corrected chi connectivity index (χ3v) is 5.13. The predicted octanol–water partition coefficient (Wildman–Crippen LogP) is 2.42. The normalized spacial score (nSPS) is 12.5. The van der Waals surface area contributed by atoms with E-state index in [1.54, 1.807) is 37.3 Å². The predicted molar refractivity (Wildman–Crippen MR) is 101 cm³/mol. The summed E-state index contributed by atoms with van der Waals surface area (Å²) in [5.41, 5.74) is 1.76. The number of hydrogen-bond acceptors (Lipinski definition) is 4. The van der Waals surface area contributed by atoms with E-state index in [1.165, 1.54) is 12.1 Å². The molecule has 140 valence electrons. The highest BCUT2D eigenvalue weighted by Gasteiger charge is 2.14. The summed E-state index contributed by atoms with van der Waals surface area (Å²) >= 11 is 5.97. The minimum Gasteiger partial charge on any atom is -0.481 e. The number of amides is 1. The van der Waals surface area contributed by atoms with Crippen LogP contribution in [0.1, 0.15) is 18.1 Å². The van der Waals surface area contributed by atoms with Crippen molar-refractivity contribution in [3.05, 3.63) is 58.6 Å².